The maximum Gasteiger partial charge on any atom is 0.00978 e. The van der Waals surface area contributed by atoms with Crippen molar-refractivity contribution in [1.82, 2.24) is 5.32 Å². The van der Waals surface area contributed by atoms with Crippen LogP contribution < -0.4 is 5.32 Å². The SMILES string of the molecule is CCCNC1CCCCC1C(C)CCC. The van der Waals surface area contributed by atoms with E-state index in [0.717, 1.165) is 17.9 Å². The van der Waals surface area contributed by atoms with Gasteiger partial charge in [-0.25, -0.2) is 0 Å². The first-order valence-electron chi connectivity index (χ1n) is 7.03. The Morgan fingerprint density at radius 2 is 1.87 bits per heavy atom. The van der Waals surface area contributed by atoms with Crippen LogP contribution in [0.3, 0.4) is 0 Å². The highest BCUT2D eigenvalue weighted by Gasteiger charge is 2.28. The van der Waals surface area contributed by atoms with Crippen molar-refractivity contribution in [3.8, 4) is 0 Å². The lowest BCUT2D eigenvalue weighted by atomic mass is 9.75. The zero-order chi connectivity index (χ0) is 11.1. The molecule has 90 valence electrons. The summed E-state index contributed by atoms with van der Waals surface area (Å²) < 4.78 is 0. The molecular formula is C14H29N. The summed E-state index contributed by atoms with van der Waals surface area (Å²) in [6.45, 7) is 8.24. The molecule has 0 heterocycles. The Balaban J connectivity index is 2.41. The molecule has 0 spiro atoms. The Kier molecular flexibility index (Phi) is 6.31. The largest absolute Gasteiger partial charge is 0.314 e. The Hall–Kier alpha value is -0.0400. The first kappa shape index (κ1) is 13.0. The molecule has 1 aliphatic carbocycles. The quantitative estimate of drug-likeness (QED) is 0.700. The Morgan fingerprint density at radius 3 is 2.53 bits per heavy atom. The summed E-state index contributed by atoms with van der Waals surface area (Å²) in [5, 5.41) is 3.76. The molecule has 0 bridgehead atoms. The van der Waals surface area contributed by atoms with E-state index in [2.05, 4.69) is 26.1 Å². The lowest BCUT2D eigenvalue weighted by Gasteiger charge is -2.36. The van der Waals surface area contributed by atoms with E-state index in [4.69, 9.17) is 0 Å². The molecule has 0 saturated heterocycles. The minimum absolute atomic E-state index is 0.820. The maximum absolute atomic E-state index is 3.76. The van der Waals surface area contributed by atoms with Gasteiger partial charge >= 0.3 is 0 Å². The summed E-state index contributed by atoms with van der Waals surface area (Å²) in [7, 11) is 0. The lowest BCUT2D eigenvalue weighted by Crippen LogP contribution is -2.41. The molecule has 0 radical (unpaired) electrons. The van der Waals surface area contributed by atoms with Gasteiger partial charge in [0.05, 0.1) is 0 Å². The summed E-state index contributed by atoms with van der Waals surface area (Å²) in [6, 6.07) is 0.820. The van der Waals surface area contributed by atoms with Crippen LogP contribution in [0.4, 0.5) is 0 Å². The van der Waals surface area contributed by atoms with Gasteiger partial charge in [-0.1, -0.05) is 46.5 Å². The molecule has 3 unspecified atom stereocenters. The molecule has 1 rings (SSSR count). The third-order valence-corrected chi connectivity index (χ3v) is 3.95. The second-order valence-corrected chi connectivity index (χ2v) is 5.27. The minimum Gasteiger partial charge on any atom is -0.314 e. The van der Waals surface area contributed by atoms with E-state index in [9.17, 15) is 0 Å². The zero-order valence-electron chi connectivity index (χ0n) is 10.9. The predicted octanol–water partition coefficient (Wildman–Crippen LogP) is 3.98. The van der Waals surface area contributed by atoms with E-state index < -0.39 is 0 Å². The second kappa shape index (κ2) is 7.27. The predicted molar refractivity (Wildman–Crippen MR) is 68.1 cm³/mol. The Morgan fingerprint density at radius 1 is 1.13 bits per heavy atom. The third kappa shape index (κ3) is 4.14. The topological polar surface area (TPSA) is 12.0 Å². The number of nitrogens with one attached hydrogen (secondary N) is 1. The van der Waals surface area contributed by atoms with Crippen LogP contribution in [0.5, 0.6) is 0 Å². The number of hydrogen-bond donors (Lipinski definition) is 1. The van der Waals surface area contributed by atoms with Crippen LogP contribution in [0.2, 0.25) is 0 Å². The fraction of sp³-hybridized carbons (Fsp3) is 1.00. The average Bonchev–Trinajstić information content (AvgIpc) is 2.27. The summed E-state index contributed by atoms with van der Waals surface area (Å²) in [6.07, 6.45) is 9.81. The normalized spacial score (nSPS) is 29.0. The summed E-state index contributed by atoms with van der Waals surface area (Å²) >= 11 is 0. The molecule has 3 atom stereocenters. The molecule has 1 fully saturated rings. The molecule has 1 nitrogen and oxygen atoms in total. The highest BCUT2D eigenvalue weighted by Crippen LogP contribution is 2.32. The van der Waals surface area contributed by atoms with Crippen LogP contribution in [0.25, 0.3) is 0 Å². The molecular weight excluding hydrogens is 182 g/mol. The molecule has 0 amide bonds. The van der Waals surface area contributed by atoms with E-state index in [0.29, 0.717) is 0 Å². The number of rotatable bonds is 6. The van der Waals surface area contributed by atoms with Crippen LogP contribution >= 0.6 is 0 Å². The maximum atomic E-state index is 3.76. The third-order valence-electron chi connectivity index (χ3n) is 3.95. The second-order valence-electron chi connectivity index (χ2n) is 5.27. The van der Waals surface area contributed by atoms with Crippen molar-refractivity contribution in [3.63, 3.8) is 0 Å². The van der Waals surface area contributed by atoms with E-state index in [1.54, 1.807) is 0 Å². The molecule has 1 aliphatic rings. The van der Waals surface area contributed by atoms with Crippen LogP contribution in [-0.4, -0.2) is 12.6 Å². The van der Waals surface area contributed by atoms with Gasteiger partial charge in [0.2, 0.25) is 0 Å². The Bertz CT molecular complexity index is 155. The van der Waals surface area contributed by atoms with Crippen LogP contribution in [0.1, 0.15) is 65.7 Å². The Labute approximate surface area is 96.0 Å². The first-order chi connectivity index (χ1) is 7.29. The standard InChI is InChI=1S/C14H29N/c1-4-8-12(3)13-9-6-7-10-14(13)15-11-5-2/h12-15H,4-11H2,1-3H3. The van der Waals surface area contributed by atoms with Gasteiger partial charge in [-0.3, -0.25) is 0 Å². The van der Waals surface area contributed by atoms with Gasteiger partial charge in [0.1, 0.15) is 0 Å². The van der Waals surface area contributed by atoms with Gasteiger partial charge in [0, 0.05) is 6.04 Å². The molecule has 1 heteroatoms. The highest BCUT2D eigenvalue weighted by molar-refractivity contribution is 4.83. The van der Waals surface area contributed by atoms with Gasteiger partial charge in [0.25, 0.3) is 0 Å². The smallest absolute Gasteiger partial charge is 0.00978 e. The van der Waals surface area contributed by atoms with Crippen molar-refractivity contribution in [2.24, 2.45) is 11.8 Å². The van der Waals surface area contributed by atoms with Crippen molar-refractivity contribution in [2.75, 3.05) is 6.54 Å². The van der Waals surface area contributed by atoms with Crippen LogP contribution in [0, 0.1) is 11.8 Å². The van der Waals surface area contributed by atoms with Crippen molar-refractivity contribution >= 4 is 0 Å². The van der Waals surface area contributed by atoms with Gasteiger partial charge < -0.3 is 5.32 Å². The molecule has 0 aromatic carbocycles. The number of hydrogen-bond acceptors (Lipinski definition) is 1. The molecule has 0 aromatic heterocycles. The van der Waals surface area contributed by atoms with Gasteiger partial charge in [-0.15, -0.1) is 0 Å². The van der Waals surface area contributed by atoms with E-state index >= 15 is 0 Å². The fourth-order valence-corrected chi connectivity index (χ4v) is 3.09. The summed E-state index contributed by atoms with van der Waals surface area (Å²) in [5.74, 6) is 1.87. The average molecular weight is 211 g/mol. The highest BCUT2D eigenvalue weighted by atomic mass is 14.9. The van der Waals surface area contributed by atoms with Gasteiger partial charge in [0.15, 0.2) is 0 Å². The van der Waals surface area contributed by atoms with Crippen molar-refractivity contribution in [1.29, 1.82) is 0 Å². The fourth-order valence-electron chi connectivity index (χ4n) is 3.09. The van der Waals surface area contributed by atoms with Crippen LogP contribution in [0.15, 0.2) is 0 Å². The molecule has 1 N–H and O–H groups in total. The van der Waals surface area contributed by atoms with Crippen molar-refractivity contribution in [3.05, 3.63) is 0 Å². The minimum atomic E-state index is 0.820. The zero-order valence-corrected chi connectivity index (χ0v) is 10.9. The summed E-state index contributed by atoms with van der Waals surface area (Å²) in [5.41, 5.74) is 0. The van der Waals surface area contributed by atoms with E-state index in [1.165, 1.54) is 51.5 Å². The molecule has 0 aromatic rings. The lowest BCUT2D eigenvalue weighted by molar-refractivity contribution is 0.188. The van der Waals surface area contributed by atoms with E-state index in [1.807, 2.05) is 0 Å². The molecule has 1 saturated carbocycles. The summed E-state index contributed by atoms with van der Waals surface area (Å²) in [4.78, 5) is 0. The molecule has 0 aliphatic heterocycles. The van der Waals surface area contributed by atoms with Crippen molar-refractivity contribution in [2.45, 2.75) is 71.8 Å². The van der Waals surface area contributed by atoms with Crippen molar-refractivity contribution < 1.29 is 0 Å². The van der Waals surface area contributed by atoms with Gasteiger partial charge in [-0.05, 0) is 37.6 Å². The van der Waals surface area contributed by atoms with Gasteiger partial charge in [-0.2, -0.15) is 0 Å². The van der Waals surface area contributed by atoms with Crippen LogP contribution in [-0.2, 0) is 0 Å². The van der Waals surface area contributed by atoms with E-state index in [-0.39, 0.29) is 0 Å². The first-order valence-corrected chi connectivity index (χ1v) is 7.03. The molecule has 15 heavy (non-hydrogen) atoms. The monoisotopic (exact) mass is 211 g/mol.